The minimum atomic E-state index is -0.465. The smallest absolute Gasteiger partial charge is 0.263 e. The minimum Gasteiger partial charge on any atom is -0.481 e. The van der Waals surface area contributed by atoms with Gasteiger partial charge in [-0.2, -0.15) is 0 Å². The van der Waals surface area contributed by atoms with Crippen LogP contribution in [0.2, 0.25) is 0 Å². The average Bonchev–Trinajstić information content (AvgIpc) is 2.54. The lowest BCUT2D eigenvalue weighted by Gasteiger charge is -2.29. The van der Waals surface area contributed by atoms with Gasteiger partial charge in [0.15, 0.2) is 6.10 Å². The second-order valence-electron chi connectivity index (χ2n) is 5.70. The average molecular weight is 290 g/mol. The predicted molar refractivity (Wildman–Crippen MR) is 84.2 cm³/mol. The van der Waals surface area contributed by atoms with E-state index in [2.05, 4.69) is 0 Å². The van der Waals surface area contributed by atoms with E-state index in [1.54, 1.807) is 0 Å². The predicted octanol–water partition coefficient (Wildman–Crippen LogP) is 2.88. The largest absolute Gasteiger partial charge is 0.481 e. The lowest BCUT2D eigenvalue weighted by atomic mass is 10.0. The number of nitrogens with two attached hydrogens (primary N) is 1. The Kier molecular flexibility index (Phi) is 5.62. The number of likely N-dealkylation sites (tertiary alicyclic amines) is 1. The van der Waals surface area contributed by atoms with Gasteiger partial charge in [0.25, 0.3) is 5.91 Å². The van der Waals surface area contributed by atoms with E-state index in [-0.39, 0.29) is 11.9 Å². The van der Waals surface area contributed by atoms with Crippen LogP contribution in [-0.4, -0.2) is 30.0 Å². The molecule has 116 valence electrons. The fraction of sp³-hybridized carbons (Fsp3) is 0.588. The third-order valence-electron chi connectivity index (χ3n) is 4.08. The van der Waals surface area contributed by atoms with Crippen LogP contribution in [0.15, 0.2) is 24.3 Å². The number of nitrogens with zero attached hydrogens (tertiary/aromatic N) is 1. The molecule has 0 saturated carbocycles. The number of benzene rings is 1. The van der Waals surface area contributed by atoms with Gasteiger partial charge in [-0.15, -0.1) is 0 Å². The Hall–Kier alpha value is -1.55. The SMILES string of the molecule is CC[C@H](N)c1ccccc1OC(C)C(=O)N1CCCCC1. The summed E-state index contributed by atoms with van der Waals surface area (Å²) in [5.74, 6) is 0.805. The Bertz CT molecular complexity index is 470. The van der Waals surface area contributed by atoms with Gasteiger partial charge >= 0.3 is 0 Å². The molecule has 4 nitrogen and oxygen atoms in total. The van der Waals surface area contributed by atoms with Crippen LogP contribution in [0.1, 0.15) is 51.1 Å². The summed E-state index contributed by atoms with van der Waals surface area (Å²) < 4.78 is 5.91. The van der Waals surface area contributed by atoms with E-state index >= 15 is 0 Å². The van der Waals surface area contributed by atoms with Crippen molar-refractivity contribution in [2.45, 2.75) is 51.7 Å². The molecule has 1 saturated heterocycles. The summed E-state index contributed by atoms with van der Waals surface area (Å²) >= 11 is 0. The first-order chi connectivity index (χ1) is 10.1. The maximum Gasteiger partial charge on any atom is 0.263 e. The molecule has 2 atom stereocenters. The molecule has 2 rings (SSSR count). The van der Waals surface area contributed by atoms with E-state index < -0.39 is 6.10 Å². The molecule has 1 aliphatic rings. The summed E-state index contributed by atoms with van der Waals surface area (Å²) in [7, 11) is 0. The highest BCUT2D eigenvalue weighted by atomic mass is 16.5. The molecule has 21 heavy (non-hydrogen) atoms. The van der Waals surface area contributed by atoms with E-state index in [9.17, 15) is 4.79 Å². The van der Waals surface area contributed by atoms with Crippen LogP contribution in [0.5, 0.6) is 5.75 Å². The molecule has 1 aromatic rings. The van der Waals surface area contributed by atoms with Gasteiger partial charge in [-0.25, -0.2) is 0 Å². The molecule has 1 fully saturated rings. The van der Waals surface area contributed by atoms with Crippen LogP contribution in [0.3, 0.4) is 0 Å². The number of hydrogen-bond donors (Lipinski definition) is 1. The molecular weight excluding hydrogens is 264 g/mol. The number of carbonyl (C=O) groups excluding carboxylic acids is 1. The Morgan fingerprint density at radius 1 is 1.29 bits per heavy atom. The second kappa shape index (κ2) is 7.46. The number of rotatable bonds is 5. The first-order valence-corrected chi connectivity index (χ1v) is 7.93. The van der Waals surface area contributed by atoms with E-state index in [1.165, 1.54) is 6.42 Å². The van der Waals surface area contributed by atoms with Crippen molar-refractivity contribution in [3.8, 4) is 5.75 Å². The van der Waals surface area contributed by atoms with Crippen molar-refractivity contribution < 1.29 is 9.53 Å². The maximum absolute atomic E-state index is 12.4. The topological polar surface area (TPSA) is 55.6 Å². The molecule has 1 amide bonds. The van der Waals surface area contributed by atoms with Crippen LogP contribution < -0.4 is 10.5 Å². The van der Waals surface area contributed by atoms with Crippen LogP contribution in [0.4, 0.5) is 0 Å². The Morgan fingerprint density at radius 3 is 2.62 bits per heavy atom. The molecule has 0 radical (unpaired) electrons. The first kappa shape index (κ1) is 15.8. The van der Waals surface area contributed by atoms with Gasteiger partial charge in [0.2, 0.25) is 0 Å². The summed E-state index contributed by atoms with van der Waals surface area (Å²) in [5, 5.41) is 0. The van der Waals surface area contributed by atoms with Crippen LogP contribution in [-0.2, 0) is 4.79 Å². The summed E-state index contributed by atoms with van der Waals surface area (Å²) in [5.41, 5.74) is 7.09. The molecule has 0 aliphatic carbocycles. The van der Waals surface area contributed by atoms with Gasteiger partial charge in [0.1, 0.15) is 5.75 Å². The van der Waals surface area contributed by atoms with Gasteiger partial charge < -0.3 is 15.4 Å². The molecule has 4 heteroatoms. The number of amides is 1. The number of ether oxygens (including phenoxy) is 1. The van der Waals surface area contributed by atoms with Crippen molar-refractivity contribution in [2.75, 3.05) is 13.1 Å². The normalized spacial score (nSPS) is 18.1. The zero-order chi connectivity index (χ0) is 15.2. The van der Waals surface area contributed by atoms with Gasteiger partial charge in [-0.3, -0.25) is 4.79 Å². The van der Waals surface area contributed by atoms with Crippen molar-refractivity contribution in [2.24, 2.45) is 5.73 Å². The zero-order valence-corrected chi connectivity index (χ0v) is 13.0. The van der Waals surface area contributed by atoms with Crippen molar-refractivity contribution in [1.82, 2.24) is 4.90 Å². The van der Waals surface area contributed by atoms with Crippen molar-refractivity contribution >= 4 is 5.91 Å². The van der Waals surface area contributed by atoms with Gasteiger partial charge in [-0.1, -0.05) is 25.1 Å². The number of carbonyl (C=O) groups is 1. The number of para-hydroxylation sites is 1. The van der Waals surface area contributed by atoms with Crippen LogP contribution in [0, 0.1) is 0 Å². The van der Waals surface area contributed by atoms with E-state index in [0.717, 1.165) is 43.7 Å². The lowest BCUT2D eigenvalue weighted by Crippen LogP contribution is -2.43. The molecule has 1 heterocycles. The molecule has 0 bridgehead atoms. The van der Waals surface area contributed by atoms with Crippen molar-refractivity contribution in [3.63, 3.8) is 0 Å². The van der Waals surface area contributed by atoms with Gasteiger partial charge in [-0.05, 0) is 38.7 Å². The molecule has 1 aliphatic heterocycles. The monoisotopic (exact) mass is 290 g/mol. The van der Waals surface area contributed by atoms with Crippen LogP contribution >= 0.6 is 0 Å². The lowest BCUT2D eigenvalue weighted by molar-refractivity contribution is -0.138. The van der Waals surface area contributed by atoms with E-state index in [4.69, 9.17) is 10.5 Å². The highest BCUT2D eigenvalue weighted by molar-refractivity contribution is 5.81. The zero-order valence-electron chi connectivity index (χ0n) is 13.0. The van der Waals surface area contributed by atoms with Crippen molar-refractivity contribution in [3.05, 3.63) is 29.8 Å². The standard InChI is InChI=1S/C17H26N2O2/c1-3-15(18)14-9-5-6-10-16(14)21-13(2)17(20)19-11-7-4-8-12-19/h5-6,9-10,13,15H,3-4,7-8,11-12,18H2,1-2H3/t13?,15-/m0/s1. The fourth-order valence-corrected chi connectivity index (χ4v) is 2.73. The fourth-order valence-electron chi connectivity index (χ4n) is 2.73. The van der Waals surface area contributed by atoms with Gasteiger partial charge in [0, 0.05) is 24.7 Å². The maximum atomic E-state index is 12.4. The van der Waals surface area contributed by atoms with Crippen LogP contribution in [0.25, 0.3) is 0 Å². The van der Waals surface area contributed by atoms with Gasteiger partial charge in [0.05, 0.1) is 0 Å². The summed E-state index contributed by atoms with van der Waals surface area (Å²) in [6, 6.07) is 7.68. The third-order valence-corrected chi connectivity index (χ3v) is 4.08. The summed E-state index contributed by atoms with van der Waals surface area (Å²) in [4.78, 5) is 14.3. The molecule has 0 aromatic heterocycles. The van der Waals surface area contributed by atoms with E-state index in [1.807, 2.05) is 43.0 Å². The Morgan fingerprint density at radius 2 is 1.95 bits per heavy atom. The number of hydrogen-bond acceptors (Lipinski definition) is 3. The third kappa shape index (κ3) is 3.97. The number of piperidine rings is 1. The Balaban J connectivity index is 2.05. The van der Waals surface area contributed by atoms with Crippen molar-refractivity contribution in [1.29, 1.82) is 0 Å². The highest BCUT2D eigenvalue weighted by Gasteiger charge is 2.24. The Labute approximate surface area is 127 Å². The molecule has 1 aromatic carbocycles. The second-order valence-corrected chi connectivity index (χ2v) is 5.70. The first-order valence-electron chi connectivity index (χ1n) is 7.93. The summed E-state index contributed by atoms with van der Waals surface area (Å²) in [6.45, 7) is 5.57. The molecule has 1 unspecified atom stereocenters. The summed E-state index contributed by atoms with van der Waals surface area (Å²) in [6.07, 6.45) is 3.78. The quantitative estimate of drug-likeness (QED) is 0.907. The molecular formula is C17H26N2O2. The minimum absolute atomic E-state index is 0.0570. The molecule has 0 spiro atoms. The highest BCUT2D eigenvalue weighted by Crippen LogP contribution is 2.26. The van der Waals surface area contributed by atoms with E-state index in [0.29, 0.717) is 0 Å². The molecule has 2 N–H and O–H groups in total.